The van der Waals surface area contributed by atoms with Crippen LogP contribution in [-0.2, 0) is 4.79 Å². The van der Waals surface area contributed by atoms with Gasteiger partial charge in [0, 0.05) is 6.54 Å². The van der Waals surface area contributed by atoms with E-state index in [4.69, 9.17) is 10.5 Å². The second kappa shape index (κ2) is 4.53. The summed E-state index contributed by atoms with van der Waals surface area (Å²) in [5.74, 6) is 0.793. The lowest BCUT2D eigenvalue weighted by Crippen LogP contribution is -2.39. The van der Waals surface area contributed by atoms with Gasteiger partial charge in [-0.15, -0.1) is 0 Å². The van der Waals surface area contributed by atoms with E-state index in [1.807, 2.05) is 25.1 Å². The monoisotopic (exact) mass is 220 g/mol. The number of nitrogens with two attached hydrogens (primary N) is 1. The number of anilines is 1. The summed E-state index contributed by atoms with van der Waals surface area (Å²) in [6.45, 7) is 3.38. The van der Waals surface area contributed by atoms with E-state index in [2.05, 4.69) is 0 Å². The van der Waals surface area contributed by atoms with E-state index in [9.17, 15) is 4.79 Å². The molecule has 0 bridgehead atoms. The molecule has 4 heteroatoms. The molecule has 0 atom stereocenters. The molecular weight excluding hydrogens is 204 g/mol. The summed E-state index contributed by atoms with van der Waals surface area (Å²) in [5, 5.41) is 0. The molecule has 1 aromatic carbocycles. The summed E-state index contributed by atoms with van der Waals surface area (Å²) in [4.78, 5) is 13.5. The number of rotatable bonds is 3. The van der Waals surface area contributed by atoms with Crippen molar-refractivity contribution in [1.82, 2.24) is 0 Å². The van der Waals surface area contributed by atoms with Crippen LogP contribution in [0, 0.1) is 6.92 Å². The number of carbonyl (C=O) groups is 1. The molecule has 0 aromatic heterocycles. The molecule has 0 saturated carbocycles. The highest BCUT2D eigenvalue weighted by molar-refractivity contribution is 5.97. The van der Waals surface area contributed by atoms with Crippen LogP contribution in [0.4, 0.5) is 5.69 Å². The second-order valence-corrected chi connectivity index (χ2v) is 3.95. The summed E-state index contributed by atoms with van der Waals surface area (Å²) in [5.41, 5.74) is 7.45. The van der Waals surface area contributed by atoms with Gasteiger partial charge >= 0.3 is 0 Å². The third kappa shape index (κ3) is 2.02. The molecule has 86 valence electrons. The summed E-state index contributed by atoms with van der Waals surface area (Å²) >= 11 is 0. The predicted octanol–water partition coefficient (Wildman–Crippen LogP) is 1.07. The van der Waals surface area contributed by atoms with Crippen LogP contribution in [0.25, 0.3) is 0 Å². The average Bonchev–Trinajstić information content (AvgIpc) is 2.28. The lowest BCUT2D eigenvalue weighted by Gasteiger charge is -2.29. The van der Waals surface area contributed by atoms with Crippen LogP contribution in [0.5, 0.6) is 5.75 Å². The Morgan fingerprint density at radius 2 is 2.31 bits per heavy atom. The largest absolute Gasteiger partial charge is 0.482 e. The molecule has 1 aliphatic heterocycles. The van der Waals surface area contributed by atoms with Crippen molar-refractivity contribution in [2.24, 2.45) is 5.73 Å². The summed E-state index contributed by atoms with van der Waals surface area (Å²) in [6, 6.07) is 5.87. The Labute approximate surface area is 95.0 Å². The molecule has 0 saturated heterocycles. The number of nitrogens with zero attached hydrogens (tertiary/aromatic N) is 1. The van der Waals surface area contributed by atoms with Crippen molar-refractivity contribution < 1.29 is 9.53 Å². The van der Waals surface area contributed by atoms with E-state index < -0.39 is 0 Å². The Bertz CT molecular complexity index is 404. The third-order valence-corrected chi connectivity index (χ3v) is 2.64. The Morgan fingerprint density at radius 3 is 3.06 bits per heavy atom. The van der Waals surface area contributed by atoms with Crippen molar-refractivity contribution in [3.05, 3.63) is 23.8 Å². The van der Waals surface area contributed by atoms with E-state index in [1.165, 1.54) is 0 Å². The number of carbonyl (C=O) groups excluding carboxylic acids is 1. The molecular formula is C12H16N2O2. The van der Waals surface area contributed by atoms with Gasteiger partial charge in [-0.2, -0.15) is 0 Å². The van der Waals surface area contributed by atoms with Gasteiger partial charge in [0.15, 0.2) is 6.61 Å². The topological polar surface area (TPSA) is 55.6 Å². The van der Waals surface area contributed by atoms with Gasteiger partial charge in [0.2, 0.25) is 0 Å². The summed E-state index contributed by atoms with van der Waals surface area (Å²) in [7, 11) is 0. The number of aryl methyl sites for hydroxylation is 1. The fraction of sp³-hybridized carbons (Fsp3) is 0.417. The van der Waals surface area contributed by atoms with Gasteiger partial charge in [-0.3, -0.25) is 4.79 Å². The highest BCUT2D eigenvalue weighted by Gasteiger charge is 2.24. The van der Waals surface area contributed by atoms with Crippen molar-refractivity contribution in [2.45, 2.75) is 13.3 Å². The third-order valence-electron chi connectivity index (χ3n) is 2.64. The Morgan fingerprint density at radius 1 is 1.50 bits per heavy atom. The van der Waals surface area contributed by atoms with Gasteiger partial charge in [-0.05, 0) is 37.6 Å². The van der Waals surface area contributed by atoms with Gasteiger partial charge in [0.25, 0.3) is 5.91 Å². The van der Waals surface area contributed by atoms with Crippen molar-refractivity contribution in [3.63, 3.8) is 0 Å². The molecule has 1 heterocycles. The van der Waals surface area contributed by atoms with Crippen LogP contribution in [0.2, 0.25) is 0 Å². The van der Waals surface area contributed by atoms with Gasteiger partial charge in [-0.1, -0.05) is 6.07 Å². The highest BCUT2D eigenvalue weighted by Crippen LogP contribution is 2.32. The molecule has 0 aliphatic carbocycles. The molecule has 1 aromatic rings. The van der Waals surface area contributed by atoms with Gasteiger partial charge in [0.05, 0.1) is 5.69 Å². The van der Waals surface area contributed by atoms with Crippen molar-refractivity contribution in [2.75, 3.05) is 24.6 Å². The maximum absolute atomic E-state index is 11.7. The molecule has 0 spiro atoms. The molecule has 2 N–H and O–H groups in total. The maximum atomic E-state index is 11.7. The number of hydrogen-bond donors (Lipinski definition) is 1. The van der Waals surface area contributed by atoms with Gasteiger partial charge < -0.3 is 15.4 Å². The quantitative estimate of drug-likeness (QED) is 0.829. The maximum Gasteiger partial charge on any atom is 0.265 e. The Kier molecular flexibility index (Phi) is 3.10. The Hall–Kier alpha value is -1.55. The minimum atomic E-state index is 0.00445. The molecule has 16 heavy (non-hydrogen) atoms. The van der Waals surface area contributed by atoms with Crippen LogP contribution >= 0.6 is 0 Å². The number of hydrogen-bond acceptors (Lipinski definition) is 3. The van der Waals surface area contributed by atoms with E-state index in [0.29, 0.717) is 13.1 Å². The van der Waals surface area contributed by atoms with Gasteiger partial charge in [0.1, 0.15) is 5.75 Å². The smallest absolute Gasteiger partial charge is 0.265 e. The van der Waals surface area contributed by atoms with Gasteiger partial charge in [-0.25, -0.2) is 0 Å². The fourth-order valence-corrected chi connectivity index (χ4v) is 1.81. The lowest BCUT2D eigenvalue weighted by atomic mass is 10.1. The highest BCUT2D eigenvalue weighted by atomic mass is 16.5. The lowest BCUT2D eigenvalue weighted by molar-refractivity contribution is -0.121. The van der Waals surface area contributed by atoms with Crippen LogP contribution in [0.15, 0.2) is 18.2 Å². The zero-order valence-electron chi connectivity index (χ0n) is 9.40. The van der Waals surface area contributed by atoms with Crippen molar-refractivity contribution in [3.8, 4) is 5.75 Å². The summed E-state index contributed by atoms with van der Waals surface area (Å²) < 4.78 is 5.40. The molecule has 1 amide bonds. The minimum absolute atomic E-state index is 0.00445. The van der Waals surface area contributed by atoms with Crippen LogP contribution < -0.4 is 15.4 Å². The van der Waals surface area contributed by atoms with Crippen molar-refractivity contribution in [1.29, 1.82) is 0 Å². The summed E-state index contributed by atoms with van der Waals surface area (Å²) in [6.07, 6.45) is 0.805. The normalized spacial score (nSPS) is 14.6. The predicted molar refractivity (Wildman–Crippen MR) is 62.7 cm³/mol. The zero-order valence-corrected chi connectivity index (χ0v) is 9.40. The molecule has 1 aliphatic rings. The van der Waals surface area contributed by atoms with Crippen LogP contribution in [0.1, 0.15) is 12.0 Å². The standard InChI is InChI=1S/C12H16N2O2/c1-9-3-4-10-11(7-9)16-8-12(15)14(10)6-2-5-13/h3-4,7H,2,5-6,8,13H2,1H3. The van der Waals surface area contributed by atoms with E-state index >= 15 is 0 Å². The molecule has 4 nitrogen and oxygen atoms in total. The number of fused-ring (bicyclic) bond motifs is 1. The first-order valence-electron chi connectivity index (χ1n) is 5.46. The first-order chi connectivity index (χ1) is 7.72. The second-order valence-electron chi connectivity index (χ2n) is 3.95. The van der Waals surface area contributed by atoms with E-state index in [-0.39, 0.29) is 12.5 Å². The fourth-order valence-electron chi connectivity index (χ4n) is 1.81. The van der Waals surface area contributed by atoms with E-state index in [0.717, 1.165) is 23.4 Å². The van der Waals surface area contributed by atoms with E-state index in [1.54, 1.807) is 4.90 Å². The SMILES string of the molecule is Cc1ccc2c(c1)OCC(=O)N2CCCN. The minimum Gasteiger partial charge on any atom is -0.482 e. The first-order valence-corrected chi connectivity index (χ1v) is 5.46. The number of benzene rings is 1. The molecule has 0 radical (unpaired) electrons. The zero-order chi connectivity index (χ0) is 11.5. The molecule has 2 rings (SSSR count). The average molecular weight is 220 g/mol. The number of ether oxygens (including phenoxy) is 1. The molecule has 0 unspecified atom stereocenters. The van der Waals surface area contributed by atoms with Crippen LogP contribution in [-0.4, -0.2) is 25.6 Å². The van der Waals surface area contributed by atoms with Crippen LogP contribution in [0.3, 0.4) is 0 Å². The number of amides is 1. The molecule has 0 fully saturated rings. The Balaban J connectivity index is 2.29. The van der Waals surface area contributed by atoms with Crippen molar-refractivity contribution >= 4 is 11.6 Å². The first kappa shape index (κ1) is 11.0.